The second-order valence-electron chi connectivity index (χ2n) is 3.39. The van der Waals surface area contributed by atoms with Crippen molar-refractivity contribution in [3.63, 3.8) is 0 Å². The van der Waals surface area contributed by atoms with Crippen LogP contribution in [0, 0.1) is 0 Å². The van der Waals surface area contributed by atoms with Gasteiger partial charge in [0.05, 0.1) is 0 Å². The van der Waals surface area contributed by atoms with E-state index in [2.05, 4.69) is 12.2 Å². The highest BCUT2D eigenvalue weighted by Gasteiger charge is 2.37. The molecule has 2 nitrogen and oxygen atoms in total. The first kappa shape index (κ1) is 8.02. The SMILES string of the molecule is CCCCNCC1(N)CC1. The zero-order valence-corrected chi connectivity index (χ0v) is 6.82. The van der Waals surface area contributed by atoms with Gasteiger partial charge in [0.2, 0.25) is 0 Å². The summed E-state index contributed by atoms with van der Waals surface area (Å²) in [5, 5.41) is 3.36. The summed E-state index contributed by atoms with van der Waals surface area (Å²) in [6, 6.07) is 0. The van der Waals surface area contributed by atoms with E-state index in [9.17, 15) is 0 Å². The smallest absolute Gasteiger partial charge is 0.0282 e. The van der Waals surface area contributed by atoms with Crippen molar-refractivity contribution in [2.24, 2.45) is 5.73 Å². The molecule has 0 amide bonds. The third-order valence-electron chi connectivity index (χ3n) is 2.08. The Labute approximate surface area is 63.2 Å². The minimum Gasteiger partial charge on any atom is -0.324 e. The molecule has 0 aromatic carbocycles. The fourth-order valence-electron chi connectivity index (χ4n) is 0.976. The summed E-state index contributed by atoms with van der Waals surface area (Å²) < 4.78 is 0. The van der Waals surface area contributed by atoms with Gasteiger partial charge in [-0.1, -0.05) is 13.3 Å². The summed E-state index contributed by atoms with van der Waals surface area (Å²) in [7, 11) is 0. The predicted octanol–water partition coefficient (Wildman–Crippen LogP) is 0.867. The molecule has 0 bridgehead atoms. The van der Waals surface area contributed by atoms with Crippen molar-refractivity contribution in [1.29, 1.82) is 0 Å². The van der Waals surface area contributed by atoms with Crippen molar-refractivity contribution in [2.45, 2.75) is 38.1 Å². The topological polar surface area (TPSA) is 38.0 Å². The molecule has 0 spiro atoms. The molecule has 0 aromatic heterocycles. The van der Waals surface area contributed by atoms with Gasteiger partial charge >= 0.3 is 0 Å². The van der Waals surface area contributed by atoms with Crippen LogP contribution in [0.4, 0.5) is 0 Å². The van der Waals surface area contributed by atoms with Gasteiger partial charge in [-0.3, -0.25) is 0 Å². The van der Waals surface area contributed by atoms with E-state index in [4.69, 9.17) is 5.73 Å². The highest BCUT2D eigenvalue weighted by molar-refractivity contribution is 5.00. The zero-order chi connectivity index (χ0) is 7.45. The third-order valence-corrected chi connectivity index (χ3v) is 2.08. The maximum atomic E-state index is 5.87. The Bertz CT molecular complexity index is 97.4. The number of hydrogen-bond acceptors (Lipinski definition) is 2. The second-order valence-corrected chi connectivity index (χ2v) is 3.39. The standard InChI is InChI=1S/C8H18N2/c1-2-3-6-10-7-8(9)4-5-8/h10H,2-7,9H2,1H3. The molecular weight excluding hydrogens is 124 g/mol. The molecule has 0 unspecified atom stereocenters. The normalized spacial score (nSPS) is 21.0. The third kappa shape index (κ3) is 2.67. The van der Waals surface area contributed by atoms with Crippen molar-refractivity contribution in [1.82, 2.24) is 5.32 Å². The van der Waals surface area contributed by atoms with Crippen LogP contribution in [-0.4, -0.2) is 18.6 Å². The molecule has 0 aromatic rings. The summed E-state index contributed by atoms with van der Waals surface area (Å²) in [5.41, 5.74) is 6.05. The number of unbranched alkanes of at least 4 members (excludes halogenated alkanes) is 1. The van der Waals surface area contributed by atoms with Gasteiger partial charge in [-0.15, -0.1) is 0 Å². The lowest BCUT2D eigenvalue weighted by molar-refractivity contribution is 0.555. The van der Waals surface area contributed by atoms with E-state index in [-0.39, 0.29) is 5.54 Å². The molecule has 1 aliphatic rings. The van der Waals surface area contributed by atoms with E-state index >= 15 is 0 Å². The van der Waals surface area contributed by atoms with Gasteiger partial charge in [-0.05, 0) is 25.8 Å². The van der Waals surface area contributed by atoms with E-state index in [0.717, 1.165) is 13.1 Å². The van der Waals surface area contributed by atoms with Crippen molar-refractivity contribution in [3.8, 4) is 0 Å². The molecule has 1 aliphatic carbocycles. The van der Waals surface area contributed by atoms with Crippen LogP contribution >= 0.6 is 0 Å². The maximum absolute atomic E-state index is 5.87. The Morgan fingerprint density at radius 3 is 2.70 bits per heavy atom. The highest BCUT2D eigenvalue weighted by atomic mass is 15.0. The Kier molecular flexibility index (Phi) is 2.69. The van der Waals surface area contributed by atoms with Crippen molar-refractivity contribution >= 4 is 0 Å². The lowest BCUT2D eigenvalue weighted by Crippen LogP contribution is -2.36. The minimum atomic E-state index is 0.188. The van der Waals surface area contributed by atoms with Crippen LogP contribution in [0.5, 0.6) is 0 Å². The molecule has 2 heteroatoms. The van der Waals surface area contributed by atoms with E-state index in [1.54, 1.807) is 0 Å². The Hall–Kier alpha value is -0.0800. The first-order chi connectivity index (χ1) is 4.77. The largest absolute Gasteiger partial charge is 0.324 e. The van der Waals surface area contributed by atoms with E-state index < -0.39 is 0 Å². The van der Waals surface area contributed by atoms with Crippen LogP contribution in [0.1, 0.15) is 32.6 Å². The van der Waals surface area contributed by atoms with Gasteiger partial charge in [0.25, 0.3) is 0 Å². The fraction of sp³-hybridized carbons (Fsp3) is 1.00. The first-order valence-electron chi connectivity index (χ1n) is 4.26. The second kappa shape index (κ2) is 3.35. The molecule has 0 heterocycles. The van der Waals surface area contributed by atoms with Crippen molar-refractivity contribution < 1.29 is 0 Å². The summed E-state index contributed by atoms with van der Waals surface area (Å²) in [6.07, 6.45) is 4.97. The molecule has 0 aliphatic heterocycles. The van der Waals surface area contributed by atoms with Gasteiger partial charge in [0.1, 0.15) is 0 Å². The number of rotatable bonds is 5. The Morgan fingerprint density at radius 1 is 1.50 bits per heavy atom. The quantitative estimate of drug-likeness (QED) is 0.559. The molecule has 1 fully saturated rings. The average Bonchev–Trinajstić information content (AvgIpc) is 2.62. The number of nitrogens with two attached hydrogens (primary N) is 1. The number of hydrogen-bond donors (Lipinski definition) is 2. The number of nitrogens with one attached hydrogen (secondary N) is 1. The van der Waals surface area contributed by atoms with Crippen molar-refractivity contribution in [3.05, 3.63) is 0 Å². The van der Waals surface area contributed by atoms with E-state index in [1.807, 2.05) is 0 Å². The molecule has 0 saturated heterocycles. The Balaban J connectivity index is 1.86. The molecule has 0 radical (unpaired) electrons. The lowest BCUT2D eigenvalue weighted by atomic mass is 10.3. The van der Waals surface area contributed by atoms with Crippen LogP contribution in [0.3, 0.4) is 0 Å². The zero-order valence-electron chi connectivity index (χ0n) is 6.82. The monoisotopic (exact) mass is 142 g/mol. The van der Waals surface area contributed by atoms with E-state index in [1.165, 1.54) is 25.7 Å². The van der Waals surface area contributed by atoms with Gasteiger partial charge < -0.3 is 11.1 Å². The van der Waals surface area contributed by atoms with Crippen LogP contribution in [0.2, 0.25) is 0 Å². The van der Waals surface area contributed by atoms with Crippen LogP contribution < -0.4 is 11.1 Å². The molecule has 1 rings (SSSR count). The summed E-state index contributed by atoms with van der Waals surface area (Å²) >= 11 is 0. The van der Waals surface area contributed by atoms with Crippen LogP contribution in [-0.2, 0) is 0 Å². The summed E-state index contributed by atoms with van der Waals surface area (Å²) in [5.74, 6) is 0. The summed E-state index contributed by atoms with van der Waals surface area (Å²) in [6.45, 7) is 4.36. The van der Waals surface area contributed by atoms with Gasteiger partial charge in [0.15, 0.2) is 0 Å². The maximum Gasteiger partial charge on any atom is 0.0282 e. The van der Waals surface area contributed by atoms with Gasteiger partial charge in [-0.25, -0.2) is 0 Å². The molecule has 60 valence electrons. The fourth-order valence-corrected chi connectivity index (χ4v) is 0.976. The van der Waals surface area contributed by atoms with Crippen LogP contribution in [0.15, 0.2) is 0 Å². The molecule has 0 atom stereocenters. The summed E-state index contributed by atoms with van der Waals surface area (Å²) in [4.78, 5) is 0. The first-order valence-corrected chi connectivity index (χ1v) is 4.26. The Morgan fingerprint density at radius 2 is 2.20 bits per heavy atom. The minimum absolute atomic E-state index is 0.188. The molecular formula is C8H18N2. The van der Waals surface area contributed by atoms with Crippen molar-refractivity contribution in [2.75, 3.05) is 13.1 Å². The van der Waals surface area contributed by atoms with Gasteiger partial charge in [-0.2, -0.15) is 0 Å². The highest BCUT2D eigenvalue weighted by Crippen LogP contribution is 2.30. The van der Waals surface area contributed by atoms with Crippen LogP contribution in [0.25, 0.3) is 0 Å². The molecule has 10 heavy (non-hydrogen) atoms. The predicted molar refractivity (Wildman–Crippen MR) is 43.9 cm³/mol. The average molecular weight is 142 g/mol. The van der Waals surface area contributed by atoms with E-state index in [0.29, 0.717) is 0 Å². The van der Waals surface area contributed by atoms with Gasteiger partial charge in [0, 0.05) is 12.1 Å². The lowest BCUT2D eigenvalue weighted by Gasteiger charge is -2.08. The molecule has 3 N–H and O–H groups in total. The molecule has 1 saturated carbocycles.